The second kappa shape index (κ2) is 5.89. The van der Waals surface area contributed by atoms with E-state index in [2.05, 4.69) is 49.6 Å². The normalized spacial score (nSPS) is 9.39. The van der Waals surface area contributed by atoms with Gasteiger partial charge in [0.05, 0.1) is 0 Å². The van der Waals surface area contributed by atoms with Crippen LogP contribution in [-0.4, -0.2) is 0 Å². The zero-order valence-electron chi connectivity index (χ0n) is 10.6. The first kappa shape index (κ1) is 12.2. The molecule has 0 bridgehead atoms. The van der Waals surface area contributed by atoms with E-state index < -0.39 is 0 Å². The molecule has 0 heterocycles. The Morgan fingerprint density at radius 1 is 0.889 bits per heavy atom. The summed E-state index contributed by atoms with van der Waals surface area (Å²) in [6.45, 7) is 5.89. The molecular weight excluding hydrogens is 216 g/mol. The fraction of sp³-hybridized carbons (Fsp3) is 0.111. The summed E-state index contributed by atoms with van der Waals surface area (Å²) in [6.07, 6.45) is 2.90. The van der Waals surface area contributed by atoms with Crippen LogP contribution in [0.5, 0.6) is 0 Å². The zero-order chi connectivity index (χ0) is 12.8. The van der Waals surface area contributed by atoms with Crippen molar-refractivity contribution in [1.82, 2.24) is 0 Å². The molecule has 0 fully saturated rings. The van der Waals surface area contributed by atoms with Crippen molar-refractivity contribution in [1.29, 1.82) is 0 Å². The Labute approximate surface area is 109 Å². The van der Waals surface area contributed by atoms with Gasteiger partial charge in [-0.3, -0.25) is 0 Å². The molecule has 0 aliphatic heterocycles. The number of hydrogen-bond donors (Lipinski definition) is 0. The molecule has 0 atom stereocenters. The lowest BCUT2D eigenvalue weighted by Gasteiger charge is -1.95. The summed E-state index contributed by atoms with van der Waals surface area (Å²) < 4.78 is 0. The maximum atomic E-state index is 3.73. The van der Waals surface area contributed by atoms with Crippen LogP contribution in [0.1, 0.15) is 29.2 Å². The maximum Gasteiger partial charge on any atom is 0.0249 e. The van der Waals surface area contributed by atoms with Crippen LogP contribution in [0.3, 0.4) is 0 Å². The number of aryl methyl sites for hydroxylation is 1. The van der Waals surface area contributed by atoms with E-state index in [1.54, 1.807) is 0 Å². The van der Waals surface area contributed by atoms with E-state index >= 15 is 0 Å². The van der Waals surface area contributed by atoms with Crippen molar-refractivity contribution in [2.24, 2.45) is 0 Å². The fourth-order valence-electron chi connectivity index (χ4n) is 1.67. The first-order chi connectivity index (χ1) is 8.81. The van der Waals surface area contributed by atoms with Gasteiger partial charge in [0.15, 0.2) is 0 Å². The van der Waals surface area contributed by atoms with Gasteiger partial charge in [0.2, 0.25) is 0 Å². The first-order valence-electron chi connectivity index (χ1n) is 6.15. The highest BCUT2D eigenvalue weighted by atomic mass is 13.9. The molecule has 0 radical (unpaired) electrons. The van der Waals surface area contributed by atoms with Crippen molar-refractivity contribution in [3.63, 3.8) is 0 Å². The minimum Gasteiger partial charge on any atom is -0.0985 e. The van der Waals surface area contributed by atoms with Crippen LogP contribution in [0, 0.1) is 11.8 Å². The van der Waals surface area contributed by atoms with Crippen molar-refractivity contribution in [2.75, 3.05) is 0 Å². The maximum absolute atomic E-state index is 3.73. The second-order valence-corrected chi connectivity index (χ2v) is 4.13. The Balaban J connectivity index is 2.16. The third-order valence-electron chi connectivity index (χ3n) is 2.86. The van der Waals surface area contributed by atoms with Crippen molar-refractivity contribution in [2.45, 2.75) is 13.3 Å². The first-order valence-corrected chi connectivity index (χ1v) is 6.15. The van der Waals surface area contributed by atoms with E-state index in [-0.39, 0.29) is 0 Å². The molecule has 0 saturated heterocycles. The summed E-state index contributed by atoms with van der Waals surface area (Å²) in [5, 5.41) is 0. The summed E-state index contributed by atoms with van der Waals surface area (Å²) in [6, 6.07) is 16.5. The van der Waals surface area contributed by atoms with E-state index in [0.29, 0.717) is 0 Å². The molecule has 0 amide bonds. The Morgan fingerprint density at radius 3 is 1.83 bits per heavy atom. The van der Waals surface area contributed by atoms with Crippen LogP contribution in [0.25, 0.3) is 6.08 Å². The number of hydrogen-bond acceptors (Lipinski definition) is 0. The SMILES string of the molecule is C=Cc1ccc(C#Cc2ccc(CC)cc2)cc1. The molecule has 0 heteroatoms. The molecule has 88 valence electrons. The van der Waals surface area contributed by atoms with Crippen molar-refractivity contribution in [3.05, 3.63) is 77.4 Å². The van der Waals surface area contributed by atoms with Crippen LogP contribution in [-0.2, 0) is 6.42 Å². The molecule has 0 saturated carbocycles. The molecule has 0 aromatic heterocycles. The highest BCUT2D eigenvalue weighted by Crippen LogP contribution is 2.06. The van der Waals surface area contributed by atoms with Gasteiger partial charge in [0, 0.05) is 11.1 Å². The monoisotopic (exact) mass is 232 g/mol. The number of benzene rings is 2. The van der Waals surface area contributed by atoms with Crippen molar-refractivity contribution >= 4 is 6.08 Å². The standard InChI is InChI=1S/C18H16/c1-3-15-5-9-17(10-6-15)13-14-18-11-7-16(4-2)8-12-18/h3,5-12H,1,4H2,2H3. The molecule has 2 aromatic carbocycles. The summed E-state index contributed by atoms with van der Waals surface area (Å²) in [4.78, 5) is 0. The Hall–Kier alpha value is -2.26. The molecule has 0 unspecified atom stereocenters. The van der Waals surface area contributed by atoms with Gasteiger partial charge in [-0.1, -0.05) is 55.7 Å². The predicted octanol–water partition coefficient (Wildman–Crippen LogP) is 4.29. The Morgan fingerprint density at radius 2 is 1.39 bits per heavy atom. The average Bonchev–Trinajstić information content (AvgIpc) is 2.46. The van der Waals surface area contributed by atoms with Crippen LogP contribution in [0.15, 0.2) is 55.1 Å². The molecular formula is C18H16. The second-order valence-electron chi connectivity index (χ2n) is 4.13. The predicted molar refractivity (Wildman–Crippen MR) is 78.3 cm³/mol. The largest absolute Gasteiger partial charge is 0.0985 e. The van der Waals surface area contributed by atoms with E-state index in [9.17, 15) is 0 Å². The lowest BCUT2D eigenvalue weighted by molar-refractivity contribution is 1.14. The molecule has 2 aromatic rings. The topological polar surface area (TPSA) is 0 Å². The molecule has 0 nitrogen and oxygen atoms in total. The van der Waals surface area contributed by atoms with Gasteiger partial charge < -0.3 is 0 Å². The quantitative estimate of drug-likeness (QED) is 0.677. The van der Waals surface area contributed by atoms with Crippen LogP contribution >= 0.6 is 0 Å². The third-order valence-corrected chi connectivity index (χ3v) is 2.86. The Bertz CT molecular complexity index is 575. The van der Waals surface area contributed by atoms with Crippen LogP contribution in [0.2, 0.25) is 0 Å². The van der Waals surface area contributed by atoms with E-state index in [4.69, 9.17) is 0 Å². The number of rotatable bonds is 2. The smallest absolute Gasteiger partial charge is 0.0249 e. The minimum absolute atomic E-state index is 1.03. The molecule has 0 aliphatic carbocycles. The molecule has 18 heavy (non-hydrogen) atoms. The summed E-state index contributed by atoms with van der Waals surface area (Å²) in [7, 11) is 0. The van der Waals surface area contributed by atoms with E-state index in [1.807, 2.05) is 30.3 Å². The lowest BCUT2D eigenvalue weighted by Crippen LogP contribution is -1.80. The van der Waals surface area contributed by atoms with Gasteiger partial charge in [-0.05, 0) is 41.8 Å². The molecule has 2 rings (SSSR count). The summed E-state index contributed by atoms with van der Waals surface area (Å²) in [5.74, 6) is 6.34. The Kier molecular flexibility index (Phi) is 3.99. The van der Waals surface area contributed by atoms with Crippen molar-refractivity contribution in [3.8, 4) is 11.8 Å². The molecule has 0 spiro atoms. The van der Waals surface area contributed by atoms with Gasteiger partial charge in [-0.15, -0.1) is 0 Å². The van der Waals surface area contributed by atoms with Gasteiger partial charge in [-0.2, -0.15) is 0 Å². The van der Waals surface area contributed by atoms with Gasteiger partial charge in [0.25, 0.3) is 0 Å². The van der Waals surface area contributed by atoms with Crippen molar-refractivity contribution < 1.29 is 0 Å². The lowest BCUT2D eigenvalue weighted by atomic mass is 10.1. The van der Waals surface area contributed by atoms with E-state index in [1.165, 1.54) is 5.56 Å². The van der Waals surface area contributed by atoms with Gasteiger partial charge in [0.1, 0.15) is 0 Å². The molecule has 0 aliphatic rings. The highest BCUT2D eigenvalue weighted by molar-refractivity contribution is 5.50. The highest BCUT2D eigenvalue weighted by Gasteiger charge is 1.90. The zero-order valence-corrected chi connectivity index (χ0v) is 10.6. The van der Waals surface area contributed by atoms with Gasteiger partial charge >= 0.3 is 0 Å². The summed E-state index contributed by atoms with van der Waals surface area (Å²) >= 11 is 0. The van der Waals surface area contributed by atoms with Crippen LogP contribution in [0.4, 0.5) is 0 Å². The van der Waals surface area contributed by atoms with E-state index in [0.717, 1.165) is 23.1 Å². The minimum atomic E-state index is 1.03. The average molecular weight is 232 g/mol. The van der Waals surface area contributed by atoms with Gasteiger partial charge in [-0.25, -0.2) is 0 Å². The van der Waals surface area contributed by atoms with Crippen LogP contribution < -0.4 is 0 Å². The summed E-state index contributed by atoms with van der Waals surface area (Å²) in [5.41, 5.74) is 4.55. The third kappa shape index (κ3) is 3.12. The molecule has 0 N–H and O–H groups in total. The fourth-order valence-corrected chi connectivity index (χ4v) is 1.67.